The number of fused-ring (bicyclic) bond motifs is 1. The summed E-state index contributed by atoms with van der Waals surface area (Å²) in [6.45, 7) is 0.866. The fourth-order valence-corrected chi connectivity index (χ4v) is 4.40. The van der Waals surface area contributed by atoms with Crippen LogP contribution < -0.4 is 4.90 Å². The maximum absolute atomic E-state index is 12.9. The highest BCUT2D eigenvalue weighted by molar-refractivity contribution is 7.09. The van der Waals surface area contributed by atoms with Crippen LogP contribution >= 0.6 is 11.3 Å². The van der Waals surface area contributed by atoms with E-state index in [0.717, 1.165) is 42.1 Å². The number of nitrogens with zero attached hydrogens (tertiary/aromatic N) is 3. The Morgan fingerprint density at radius 2 is 2.17 bits per heavy atom. The highest BCUT2D eigenvalue weighted by Gasteiger charge is 2.34. The Bertz CT molecular complexity index is 759. The van der Waals surface area contributed by atoms with Gasteiger partial charge in [0.25, 0.3) is 0 Å². The Labute approximate surface area is 144 Å². The number of para-hydroxylation sites is 1. The summed E-state index contributed by atoms with van der Waals surface area (Å²) in [6.07, 6.45) is 4.95. The van der Waals surface area contributed by atoms with E-state index in [4.69, 9.17) is 0 Å². The Morgan fingerprint density at radius 3 is 3.00 bits per heavy atom. The van der Waals surface area contributed by atoms with Crippen LogP contribution in [0.4, 0.5) is 5.69 Å². The van der Waals surface area contributed by atoms with E-state index in [1.165, 1.54) is 0 Å². The molecule has 0 bridgehead atoms. The molecule has 0 spiro atoms. The standard InChI is InChI=1S/C18H19N3O2S/c22-16-8-7-13-4-1-2-5-14(13)21(16)12-17(23)20-10-3-6-15(20)18-19-9-11-24-18/h1-2,4-5,9,11,15H,3,6-8,10,12H2. The lowest BCUT2D eigenvalue weighted by atomic mass is 10.0. The molecule has 1 aromatic carbocycles. The maximum atomic E-state index is 12.9. The number of carbonyl (C=O) groups is 2. The Balaban J connectivity index is 1.55. The van der Waals surface area contributed by atoms with Gasteiger partial charge < -0.3 is 9.80 Å². The van der Waals surface area contributed by atoms with Gasteiger partial charge in [-0.2, -0.15) is 0 Å². The number of aryl methyl sites for hydroxylation is 1. The number of likely N-dealkylation sites (tertiary alicyclic amines) is 1. The van der Waals surface area contributed by atoms with E-state index in [-0.39, 0.29) is 24.4 Å². The van der Waals surface area contributed by atoms with Gasteiger partial charge in [0.1, 0.15) is 11.6 Å². The number of amides is 2. The van der Waals surface area contributed by atoms with Crippen LogP contribution in [0.1, 0.15) is 35.9 Å². The van der Waals surface area contributed by atoms with E-state index in [2.05, 4.69) is 4.98 Å². The zero-order valence-electron chi connectivity index (χ0n) is 13.4. The number of hydrogen-bond donors (Lipinski definition) is 0. The average Bonchev–Trinajstić information content (AvgIpc) is 3.28. The van der Waals surface area contributed by atoms with E-state index >= 15 is 0 Å². The van der Waals surface area contributed by atoms with Crippen LogP contribution in [0, 0.1) is 0 Å². The predicted octanol–water partition coefficient (Wildman–Crippen LogP) is 2.79. The first kappa shape index (κ1) is 15.3. The van der Waals surface area contributed by atoms with Crippen molar-refractivity contribution in [2.24, 2.45) is 0 Å². The number of rotatable bonds is 3. The monoisotopic (exact) mass is 341 g/mol. The molecule has 1 unspecified atom stereocenters. The van der Waals surface area contributed by atoms with Gasteiger partial charge in [0, 0.05) is 30.2 Å². The summed E-state index contributed by atoms with van der Waals surface area (Å²) in [6, 6.07) is 7.93. The zero-order chi connectivity index (χ0) is 16.5. The largest absolute Gasteiger partial charge is 0.332 e. The molecule has 2 aliphatic heterocycles. The third-order valence-corrected chi connectivity index (χ3v) is 5.67. The lowest BCUT2D eigenvalue weighted by Crippen LogP contribution is -2.44. The molecular formula is C18H19N3O2S. The number of carbonyl (C=O) groups excluding carboxylic acids is 2. The van der Waals surface area contributed by atoms with Crippen molar-refractivity contribution in [3.63, 3.8) is 0 Å². The summed E-state index contributed by atoms with van der Waals surface area (Å²) in [5.41, 5.74) is 2.02. The molecule has 1 fully saturated rings. The van der Waals surface area contributed by atoms with Gasteiger partial charge in [-0.1, -0.05) is 18.2 Å². The summed E-state index contributed by atoms with van der Waals surface area (Å²) in [5, 5.41) is 2.94. The number of aromatic nitrogens is 1. The van der Waals surface area contributed by atoms with E-state index in [0.29, 0.717) is 6.42 Å². The molecule has 1 aromatic heterocycles. The van der Waals surface area contributed by atoms with Crippen molar-refractivity contribution in [1.29, 1.82) is 0 Å². The van der Waals surface area contributed by atoms with Crippen LogP contribution in [-0.2, 0) is 16.0 Å². The second-order valence-corrected chi connectivity index (χ2v) is 7.15. The summed E-state index contributed by atoms with van der Waals surface area (Å²) in [7, 11) is 0. The van der Waals surface area contributed by atoms with Crippen molar-refractivity contribution in [2.75, 3.05) is 18.0 Å². The minimum absolute atomic E-state index is 0.0118. The van der Waals surface area contributed by atoms with Crippen LogP contribution in [0.2, 0.25) is 0 Å². The highest BCUT2D eigenvalue weighted by atomic mass is 32.1. The first-order valence-electron chi connectivity index (χ1n) is 8.31. The van der Waals surface area contributed by atoms with Gasteiger partial charge in [-0.25, -0.2) is 4.98 Å². The molecule has 5 nitrogen and oxygen atoms in total. The number of hydrogen-bond acceptors (Lipinski definition) is 4. The summed E-state index contributed by atoms with van der Waals surface area (Å²) >= 11 is 1.59. The van der Waals surface area contributed by atoms with Crippen LogP contribution in [0.3, 0.4) is 0 Å². The predicted molar refractivity (Wildman–Crippen MR) is 92.9 cm³/mol. The number of thiazole rings is 1. The fraction of sp³-hybridized carbons (Fsp3) is 0.389. The van der Waals surface area contributed by atoms with E-state index in [9.17, 15) is 9.59 Å². The van der Waals surface area contributed by atoms with Crippen molar-refractivity contribution in [1.82, 2.24) is 9.88 Å². The van der Waals surface area contributed by atoms with Crippen molar-refractivity contribution in [2.45, 2.75) is 31.7 Å². The molecule has 124 valence electrons. The van der Waals surface area contributed by atoms with Gasteiger partial charge in [-0.15, -0.1) is 11.3 Å². The quantitative estimate of drug-likeness (QED) is 0.863. The second-order valence-electron chi connectivity index (χ2n) is 6.22. The molecule has 1 atom stereocenters. The summed E-state index contributed by atoms with van der Waals surface area (Å²) in [5.74, 6) is 0.0461. The van der Waals surface area contributed by atoms with Crippen LogP contribution in [0.25, 0.3) is 0 Å². The van der Waals surface area contributed by atoms with Gasteiger partial charge >= 0.3 is 0 Å². The van der Waals surface area contributed by atoms with Crippen molar-refractivity contribution in [3.05, 3.63) is 46.4 Å². The van der Waals surface area contributed by atoms with E-state index in [1.807, 2.05) is 34.5 Å². The normalized spacial score (nSPS) is 20.3. The smallest absolute Gasteiger partial charge is 0.243 e. The van der Waals surface area contributed by atoms with Gasteiger partial charge in [0.15, 0.2) is 0 Å². The van der Waals surface area contributed by atoms with Crippen LogP contribution in [0.15, 0.2) is 35.8 Å². The molecule has 2 aromatic rings. The molecule has 4 rings (SSSR count). The molecule has 0 radical (unpaired) electrons. The van der Waals surface area contributed by atoms with Gasteiger partial charge in [0.05, 0.1) is 6.04 Å². The SMILES string of the molecule is O=C1CCc2ccccc2N1CC(=O)N1CCCC1c1nccs1. The Morgan fingerprint density at radius 1 is 1.29 bits per heavy atom. The lowest BCUT2D eigenvalue weighted by Gasteiger charge is -2.31. The van der Waals surface area contributed by atoms with Gasteiger partial charge in [-0.05, 0) is 30.9 Å². The molecular weight excluding hydrogens is 322 g/mol. The summed E-state index contributed by atoms with van der Waals surface area (Å²) in [4.78, 5) is 33.2. The molecule has 1 saturated heterocycles. The van der Waals surface area contributed by atoms with Gasteiger partial charge in [0.2, 0.25) is 11.8 Å². The maximum Gasteiger partial charge on any atom is 0.243 e. The Hall–Kier alpha value is -2.21. The molecule has 2 aliphatic rings. The van der Waals surface area contributed by atoms with E-state index in [1.54, 1.807) is 22.4 Å². The zero-order valence-corrected chi connectivity index (χ0v) is 14.2. The second kappa shape index (κ2) is 6.36. The first-order valence-corrected chi connectivity index (χ1v) is 9.19. The number of benzene rings is 1. The molecule has 2 amide bonds. The van der Waals surface area contributed by atoms with Gasteiger partial charge in [-0.3, -0.25) is 9.59 Å². The van der Waals surface area contributed by atoms with Crippen molar-refractivity contribution in [3.8, 4) is 0 Å². The Kier molecular flexibility index (Phi) is 4.06. The average molecular weight is 341 g/mol. The van der Waals surface area contributed by atoms with Crippen LogP contribution in [-0.4, -0.2) is 34.8 Å². The molecule has 3 heterocycles. The minimum atomic E-state index is 0.0118. The van der Waals surface area contributed by atoms with Crippen LogP contribution in [0.5, 0.6) is 0 Å². The lowest BCUT2D eigenvalue weighted by molar-refractivity contribution is -0.132. The third-order valence-electron chi connectivity index (χ3n) is 4.79. The molecule has 0 N–H and O–H groups in total. The molecule has 0 saturated carbocycles. The topological polar surface area (TPSA) is 53.5 Å². The fourth-order valence-electron chi connectivity index (χ4n) is 3.62. The third kappa shape index (κ3) is 2.71. The molecule has 6 heteroatoms. The highest BCUT2D eigenvalue weighted by Crippen LogP contribution is 2.34. The molecule has 24 heavy (non-hydrogen) atoms. The minimum Gasteiger partial charge on any atom is -0.332 e. The van der Waals surface area contributed by atoms with Crippen molar-refractivity contribution >= 4 is 28.8 Å². The number of anilines is 1. The summed E-state index contributed by atoms with van der Waals surface area (Å²) < 4.78 is 0. The molecule has 0 aliphatic carbocycles. The van der Waals surface area contributed by atoms with Crippen molar-refractivity contribution < 1.29 is 9.59 Å². The first-order chi connectivity index (χ1) is 11.7. The van der Waals surface area contributed by atoms with E-state index < -0.39 is 0 Å².